The minimum atomic E-state index is 0.934. The molecule has 10 rings (SSSR count). The fourth-order valence-corrected chi connectivity index (χ4v) is 8.55. The quantitative estimate of drug-likeness (QED) is 0.175. The van der Waals surface area contributed by atoms with E-state index in [4.69, 9.17) is 4.42 Å². The lowest BCUT2D eigenvalue weighted by Gasteiger charge is -2.26. The van der Waals surface area contributed by atoms with Gasteiger partial charge in [0.05, 0.1) is 0 Å². The lowest BCUT2D eigenvalue weighted by atomic mass is 10.0. The van der Waals surface area contributed by atoms with E-state index in [0.717, 1.165) is 28.2 Å². The molecule has 51 heavy (non-hydrogen) atoms. The number of fused-ring (bicyclic) bond motifs is 7. The predicted molar refractivity (Wildman–Crippen MR) is 218 cm³/mol. The van der Waals surface area contributed by atoms with Crippen LogP contribution in [0.2, 0.25) is 0 Å². The Morgan fingerprint density at radius 3 is 1.63 bits per heavy atom. The Bertz CT molecular complexity index is 2830. The summed E-state index contributed by atoms with van der Waals surface area (Å²) in [6.45, 7) is 0. The molecule has 0 aliphatic rings. The Kier molecular flexibility index (Phi) is 7.04. The van der Waals surface area contributed by atoms with Crippen molar-refractivity contribution in [3.8, 4) is 33.4 Å². The second-order valence-electron chi connectivity index (χ2n) is 12.9. The van der Waals surface area contributed by atoms with Crippen molar-refractivity contribution in [3.05, 3.63) is 188 Å². The number of anilines is 3. The highest BCUT2D eigenvalue weighted by atomic mass is 32.1. The monoisotopic (exact) mass is 669 g/mol. The van der Waals surface area contributed by atoms with Gasteiger partial charge in [-0.2, -0.15) is 0 Å². The van der Waals surface area contributed by atoms with Crippen LogP contribution in [0.3, 0.4) is 0 Å². The molecule has 240 valence electrons. The average molecular weight is 670 g/mol. The Hall–Kier alpha value is -6.42. The van der Waals surface area contributed by atoms with E-state index in [-0.39, 0.29) is 0 Å². The first-order chi connectivity index (χ1) is 25.3. The van der Waals surface area contributed by atoms with Crippen LogP contribution in [-0.4, -0.2) is 0 Å². The van der Waals surface area contributed by atoms with Crippen molar-refractivity contribution in [1.29, 1.82) is 0 Å². The third kappa shape index (κ3) is 5.18. The fraction of sp³-hybridized carbons (Fsp3) is 0. The van der Waals surface area contributed by atoms with Gasteiger partial charge >= 0.3 is 0 Å². The molecular formula is C48H31NOS. The standard InChI is InChI=1S/C48H31NOS/c1-3-10-32(11-4-1)34-18-23-38(24-19-34)49(40-15-9-14-36(30-40)33-12-5-2-6-13-33)39-25-20-35(21-26-39)37-22-27-42-46(31-37)51-45-29-28-44-47(48(42)45)41-16-7-8-17-43(41)50-44/h1-31H. The minimum Gasteiger partial charge on any atom is -0.456 e. The van der Waals surface area contributed by atoms with Crippen LogP contribution in [0.15, 0.2) is 192 Å². The first-order valence-electron chi connectivity index (χ1n) is 17.2. The molecule has 2 nitrogen and oxygen atoms in total. The largest absolute Gasteiger partial charge is 0.456 e. The molecule has 0 amide bonds. The molecular weight excluding hydrogens is 639 g/mol. The predicted octanol–water partition coefficient (Wildman–Crippen LogP) is 14.4. The number of para-hydroxylation sites is 1. The van der Waals surface area contributed by atoms with Gasteiger partial charge in [-0.3, -0.25) is 0 Å². The van der Waals surface area contributed by atoms with E-state index >= 15 is 0 Å². The smallest absolute Gasteiger partial charge is 0.136 e. The van der Waals surface area contributed by atoms with Crippen molar-refractivity contribution in [1.82, 2.24) is 0 Å². The van der Waals surface area contributed by atoms with Crippen LogP contribution in [0.1, 0.15) is 0 Å². The third-order valence-electron chi connectivity index (χ3n) is 9.88. The molecule has 0 bridgehead atoms. The zero-order valence-corrected chi connectivity index (χ0v) is 28.5. The van der Waals surface area contributed by atoms with Gasteiger partial charge in [-0.05, 0) is 94.0 Å². The van der Waals surface area contributed by atoms with Crippen molar-refractivity contribution in [2.24, 2.45) is 0 Å². The van der Waals surface area contributed by atoms with E-state index in [1.807, 2.05) is 17.4 Å². The summed E-state index contributed by atoms with van der Waals surface area (Å²) in [6, 6.07) is 67.4. The molecule has 2 heterocycles. The number of benzene rings is 8. The molecule has 0 unspecified atom stereocenters. The highest BCUT2D eigenvalue weighted by Crippen LogP contribution is 2.44. The Morgan fingerprint density at radius 2 is 0.902 bits per heavy atom. The number of rotatable bonds is 6. The molecule has 0 atom stereocenters. The van der Waals surface area contributed by atoms with Crippen LogP contribution in [0.25, 0.3) is 75.5 Å². The summed E-state index contributed by atoms with van der Waals surface area (Å²) in [7, 11) is 0. The molecule has 0 fully saturated rings. The molecule has 0 saturated heterocycles. The number of hydrogen-bond donors (Lipinski definition) is 0. The van der Waals surface area contributed by atoms with E-state index in [2.05, 4.69) is 187 Å². The number of nitrogens with zero attached hydrogens (tertiary/aromatic N) is 1. The first kappa shape index (κ1) is 29.5. The van der Waals surface area contributed by atoms with Crippen LogP contribution in [0.5, 0.6) is 0 Å². The lowest BCUT2D eigenvalue weighted by Crippen LogP contribution is -2.10. The van der Waals surface area contributed by atoms with Gasteiger partial charge in [0, 0.05) is 48.0 Å². The van der Waals surface area contributed by atoms with Crippen LogP contribution < -0.4 is 4.90 Å². The normalized spacial score (nSPS) is 11.5. The Labute approximate surface area is 300 Å². The van der Waals surface area contributed by atoms with Crippen LogP contribution >= 0.6 is 11.3 Å². The summed E-state index contributed by atoms with van der Waals surface area (Å²) in [5.41, 5.74) is 12.4. The summed E-state index contributed by atoms with van der Waals surface area (Å²) >= 11 is 1.85. The van der Waals surface area contributed by atoms with Gasteiger partial charge in [0.1, 0.15) is 11.2 Å². The van der Waals surface area contributed by atoms with Crippen molar-refractivity contribution in [3.63, 3.8) is 0 Å². The molecule has 3 heteroatoms. The maximum atomic E-state index is 6.22. The van der Waals surface area contributed by atoms with E-state index < -0.39 is 0 Å². The lowest BCUT2D eigenvalue weighted by molar-refractivity contribution is 0.669. The second kappa shape index (κ2) is 12.2. The van der Waals surface area contributed by atoms with Gasteiger partial charge in [0.2, 0.25) is 0 Å². The maximum Gasteiger partial charge on any atom is 0.136 e. The summed E-state index contributed by atoms with van der Waals surface area (Å²) in [6.07, 6.45) is 0. The molecule has 2 aromatic heterocycles. The second-order valence-corrected chi connectivity index (χ2v) is 14.0. The molecule has 8 aromatic carbocycles. The number of thiophene rings is 1. The van der Waals surface area contributed by atoms with E-state index in [1.165, 1.54) is 64.3 Å². The number of hydrogen-bond acceptors (Lipinski definition) is 3. The summed E-state index contributed by atoms with van der Waals surface area (Å²) in [5.74, 6) is 0. The van der Waals surface area contributed by atoms with Gasteiger partial charge in [-0.25, -0.2) is 0 Å². The molecule has 0 aliphatic carbocycles. The van der Waals surface area contributed by atoms with Crippen molar-refractivity contribution in [2.45, 2.75) is 0 Å². The topological polar surface area (TPSA) is 16.4 Å². The van der Waals surface area contributed by atoms with Crippen LogP contribution in [0.4, 0.5) is 17.1 Å². The zero-order valence-electron chi connectivity index (χ0n) is 27.7. The van der Waals surface area contributed by atoms with E-state index in [1.54, 1.807) is 0 Å². The first-order valence-corrected chi connectivity index (χ1v) is 18.1. The molecule has 0 spiro atoms. The molecule has 0 N–H and O–H groups in total. The van der Waals surface area contributed by atoms with Gasteiger partial charge in [0.15, 0.2) is 0 Å². The number of furan rings is 1. The zero-order chi connectivity index (χ0) is 33.7. The van der Waals surface area contributed by atoms with Gasteiger partial charge in [0.25, 0.3) is 0 Å². The Morgan fingerprint density at radius 1 is 0.333 bits per heavy atom. The van der Waals surface area contributed by atoms with Crippen LogP contribution in [-0.2, 0) is 0 Å². The van der Waals surface area contributed by atoms with Crippen molar-refractivity contribution >= 4 is 70.5 Å². The van der Waals surface area contributed by atoms with Crippen LogP contribution in [0, 0.1) is 0 Å². The molecule has 0 radical (unpaired) electrons. The molecule has 0 saturated carbocycles. The third-order valence-corrected chi connectivity index (χ3v) is 11.0. The average Bonchev–Trinajstić information content (AvgIpc) is 3.77. The maximum absolute atomic E-state index is 6.22. The highest BCUT2D eigenvalue weighted by Gasteiger charge is 2.17. The van der Waals surface area contributed by atoms with Gasteiger partial charge in [-0.1, -0.05) is 127 Å². The van der Waals surface area contributed by atoms with Crippen molar-refractivity contribution in [2.75, 3.05) is 4.90 Å². The molecule has 10 aromatic rings. The Balaban J connectivity index is 1.05. The summed E-state index contributed by atoms with van der Waals surface area (Å²) in [5, 5.41) is 4.94. The van der Waals surface area contributed by atoms with E-state index in [9.17, 15) is 0 Å². The minimum absolute atomic E-state index is 0.934. The molecule has 0 aliphatic heterocycles. The summed E-state index contributed by atoms with van der Waals surface area (Å²) in [4.78, 5) is 2.35. The fourth-order valence-electron chi connectivity index (χ4n) is 7.40. The highest BCUT2D eigenvalue weighted by molar-refractivity contribution is 7.26. The van der Waals surface area contributed by atoms with E-state index in [0.29, 0.717) is 0 Å². The summed E-state index contributed by atoms with van der Waals surface area (Å²) < 4.78 is 8.78. The van der Waals surface area contributed by atoms with Gasteiger partial charge < -0.3 is 9.32 Å². The SMILES string of the molecule is c1ccc(-c2ccc(N(c3ccc(-c4ccc5c(c4)sc4ccc6oc7ccccc7c6c45)cc3)c3cccc(-c4ccccc4)c3)cc2)cc1. The van der Waals surface area contributed by atoms with Gasteiger partial charge in [-0.15, -0.1) is 11.3 Å². The van der Waals surface area contributed by atoms with Crippen molar-refractivity contribution < 1.29 is 4.42 Å².